The number of hydrogen-bond donors (Lipinski definition) is 0. The summed E-state index contributed by atoms with van der Waals surface area (Å²) in [5.41, 5.74) is 2.63. The van der Waals surface area contributed by atoms with Crippen molar-refractivity contribution in [2.75, 3.05) is 11.4 Å². The van der Waals surface area contributed by atoms with Gasteiger partial charge in [-0.2, -0.15) is 0 Å². The number of aryl methyl sites for hydroxylation is 2. The number of nitrogens with zero attached hydrogens (tertiary/aromatic N) is 2. The smallest absolute Gasteiger partial charge is 0.291 e. The van der Waals surface area contributed by atoms with Crippen LogP contribution in [0, 0.1) is 13.8 Å². The van der Waals surface area contributed by atoms with Gasteiger partial charge in [0.25, 0.3) is 11.8 Å². The summed E-state index contributed by atoms with van der Waals surface area (Å²) in [4.78, 5) is 46.1. The molecule has 0 fully saturated rings. The van der Waals surface area contributed by atoms with Crippen LogP contribution in [0.5, 0.6) is 0 Å². The molecule has 7 heteroatoms. The van der Waals surface area contributed by atoms with Gasteiger partial charge in [0.2, 0.25) is 5.76 Å². The first kappa shape index (κ1) is 24.4. The van der Waals surface area contributed by atoms with Crippen molar-refractivity contribution >= 4 is 40.1 Å². The molecule has 0 aliphatic carbocycles. The van der Waals surface area contributed by atoms with Crippen molar-refractivity contribution in [1.29, 1.82) is 0 Å². The molecule has 3 aromatic carbocycles. The van der Waals surface area contributed by atoms with Crippen molar-refractivity contribution in [2.24, 2.45) is 0 Å². The van der Waals surface area contributed by atoms with E-state index in [0.29, 0.717) is 40.2 Å². The van der Waals surface area contributed by atoms with Gasteiger partial charge in [-0.3, -0.25) is 14.4 Å². The normalized spacial score (nSPS) is 18.1. The van der Waals surface area contributed by atoms with E-state index in [1.54, 1.807) is 34.1 Å². The molecule has 2 aliphatic rings. The Balaban J connectivity index is 1.64. The fourth-order valence-electron chi connectivity index (χ4n) is 5.79. The van der Waals surface area contributed by atoms with Crippen LogP contribution in [-0.4, -0.2) is 23.3 Å². The summed E-state index contributed by atoms with van der Waals surface area (Å²) in [6, 6.07) is 18.3. The Labute approximate surface area is 225 Å². The molecule has 38 heavy (non-hydrogen) atoms. The Kier molecular flexibility index (Phi) is 5.69. The fraction of sp³-hybridized carbons (Fsp3) is 0.258. The van der Waals surface area contributed by atoms with Gasteiger partial charge in [-0.25, -0.2) is 0 Å². The zero-order chi connectivity index (χ0) is 26.8. The largest absolute Gasteiger partial charge is 0.450 e. The first-order chi connectivity index (χ1) is 18.3. The Morgan fingerprint density at radius 1 is 0.947 bits per heavy atom. The summed E-state index contributed by atoms with van der Waals surface area (Å²) < 4.78 is 6.18. The van der Waals surface area contributed by atoms with Gasteiger partial charge in [-0.15, -0.1) is 0 Å². The van der Waals surface area contributed by atoms with Gasteiger partial charge in [0.1, 0.15) is 5.58 Å². The molecule has 1 atom stereocenters. The number of halogens is 1. The second-order valence-corrected chi connectivity index (χ2v) is 10.6. The van der Waals surface area contributed by atoms with E-state index in [0.717, 1.165) is 23.1 Å². The van der Waals surface area contributed by atoms with Crippen molar-refractivity contribution in [2.45, 2.75) is 45.7 Å². The third kappa shape index (κ3) is 3.29. The van der Waals surface area contributed by atoms with Crippen molar-refractivity contribution in [1.82, 2.24) is 4.90 Å². The minimum Gasteiger partial charge on any atom is -0.450 e. The van der Waals surface area contributed by atoms with Crippen molar-refractivity contribution in [3.8, 4) is 0 Å². The number of carbonyl (C=O) groups excluding carboxylic acids is 2. The molecule has 2 aliphatic heterocycles. The van der Waals surface area contributed by atoms with E-state index >= 15 is 0 Å². The van der Waals surface area contributed by atoms with Crippen LogP contribution in [0.1, 0.15) is 58.1 Å². The molecule has 3 heterocycles. The van der Waals surface area contributed by atoms with Crippen molar-refractivity contribution < 1.29 is 14.0 Å². The quantitative estimate of drug-likeness (QED) is 0.314. The van der Waals surface area contributed by atoms with Gasteiger partial charge in [0.15, 0.2) is 11.0 Å². The molecule has 0 radical (unpaired) electrons. The van der Waals surface area contributed by atoms with Crippen LogP contribution in [0.4, 0.5) is 5.69 Å². The second-order valence-electron chi connectivity index (χ2n) is 10.1. The molecule has 1 spiro atoms. The maximum Gasteiger partial charge on any atom is 0.291 e. The van der Waals surface area contributed by atoms with Crippen LogP contribution < -0.4 is 10.3 Å². The molecular weight excluding hydrogens is 500 g/mol. The molecule has 2 amide bonds. The Bertz CT molecular complexity index is 1690. The van der Waals surface area contributed by atoms with Crippen LogP contribution in [0.15, 0.2) is 69.9 Å². The first-order valence-corrected chi connectivity index (χ1v) is 13.2. The summed E-state index contributed by atoms with van der Waals surface area (Å²) in [7, 11) is 0. The lowest BCUT2D eigenvalue weighted by Gasteiger charge is -2.34. The predicted octanol–water partition coefficient (Wildman–Crippen LogP) is 6.11. The third-order valence-electron chi connectivity index (χ3n) is 7.84. The molecule has 0 saturated carbocycles. The zero-order valence-electron chi connectivity index (χ0n) is 21.5. The van der Waals surface area contributed by atoms with E-state index < -0.39 is 11.4 Å². The van der Waals surface area contributed by atoms with Crippen LogP contribution >= 0.6 is 11.6 Å². The van der Waals surface area contributed by atoms with Crippen LogP contribution in [0.3, 0.4) is 0 Å². The minimum absolute atomic E-state index is 0.0432. The second kappa shape index (κ2) is 8.84. The summed E-state index contributed by atoms with van der Waals surface area (Å²) in [5.74, 6) is -0.798. The van der Waals surface area contributed by atoms with Gasteiger partial charge in [0.05, 0.1) is 23.2 Å². The number of unbranched alkanes of at least 4 members (excludes halogenated alkanes) is 1. The lowest BCUT2D eigenvalue weighted by atomic mass is 9.83. The van der Waals surface area contributed by atoms with Crippen LogP contribution in [-0.2, 0) is 16.9 Å². The third-order valence-corrected chi connectivity index (χ3v) is 8.09. The highest BCUT2D eigenvalue weighted by molar-refractivity contribution is 6.30. The van der Waals surface area contributed by atoms with E-state index in [4.69, 9.17) is 16.0 Å². The summed E-state index contributed by atoms with van der Waals surface area (Å²) >= 11 is 6.09. The highest BCUT2D eigenvalue weighted by atomic mass is 35.5. The van der Waals surface area contributed by atoms with Crippen molar-refractivity contribution in [3.63, 3.8) is 0 Å². The van der Waals surface area contributed by atoms with E-state index in [1.807, 2.05) is 57.2 Å². The standard InChI is InChI=1S/C31H27ClN2O4/c1-4-5-14-34-29(36)28-26(27(35)22-15-18(2)19(3)16-25(22)38-28)31(34)23-8-6-7-9-24(23)33(30(31)37)17-20-10-12-21(32)13-11-20/h6-13,15-16H,4-5,14,17H2,1-3H3. The molecule has 4 aromatic rings. The zero-order valence-corrected chi connectivity index (χ0v) is 22.3. The topological polar surface area (TPSA) is 70.8 Å². The van der Waals surface area contributed by atoms with Gasteiger partial charge in [-0.05, 0) is 67.3 Å². The monoisotopic (exact) mass is 526 g/mol. The number of carbonyl (C=O) groups is 2. The van der Waals surface area contributed by atoms with E-state index in [-0.39, 0.29) is 29.2 Å². The molecule has 0 saturated heterocycles. The average molecular weight is 527 g/mol. The number of para-hydroxylation sites is 1. The molecule has 6 nitrogen and oxygen atoms in total. The predicted molar refractivity (Wildman–Crippen MR) is 148 cm³/mol. The van der Waals surface area contributed by atoms with E-state index in [2.05, 4.69) is 0 Å². The highest BCUT2D eigenvalue weighted by Gasteiger charge is 2.64. The van der Waals surface area contributed by atoms with Gasteiger partial charge >= 0.3 is 0 Å². The highest BCUT2D eigenvalue weighted by Crippen LogP contribution is 2.53. The number of benzene rings is 3. The fourth-order valence-corrected chi connectivity index (χ4v) is 5.92. The minimum atomic E-state index is -1.59. The first-order valence-electron chi connectivity index (χ1n) is 12.9. The number of hydrogen-bond acceptors (Lipinski definition) is 4. The molecule has 192 valence electrons. The molecule has 6 rings (SSSR count). The number of fused-ring (bicyclic) bond motifs is 5. The lowest BCUT2D eigenvalue weighted by molar-refractivity contribution is -0.126. The summed E-state index contributed by atoms with van der Waals surface area (Å²) in [5, 5.41) is 0.979. The number of amides is 2. The average Bonchev–Trinajstić information content (AvgIpc) is 3.30. The van der Waals surface area contributed by atoms with Gasteiger partial charge in [0, 0.05) is 17.1 Å². The molecule has 1 unspecified atom stereocenters. The van der Waals surface area contributed by atoms with Crippen LogP contribution in [0.2, 0.25) is 5.02 Å². The maximum absolute atomic E-state index is 14.7. The molecule has 0 N–H and O–H groups in total. The Morgan fingerprint density at radius 3 is 2.39 bits per heavy atom. The van der Waals surface area contributed by atoms with Gasteiger partial charge < -0.3 is 14.2 Å². The van der Waals surface area contributed by atoms with E-state index in [9.17, 15) is 14.4 Å². The maximum atomic E-state index is 14.7. The van der Waals surface area contributed by atoms with Crippen LogP contribution in [0.25, 0.3) is 11.0 Å². The van der Waals surface area contributed by atoms with E-state index in [1.165, 1.54) is 0 Å². The van der Waals surface area contributed by atoms with Gasteiger partial charge in [-0.1, -0.05) is 55.3 Å². The summed E-state index contributed by atoms with van der Waals surface area (Å²) in [6.07, 6.45) is 1.50. The number of rotatable bonds is 5. The lowest BCUT2D eigenvalue weighted by Crippen LogP contribution is -2.53. The molecule has 0 bridgehead atoms. The molecular formula is C31H27ClN2O4. The number of anilines is 1. The Morgan fingerprint density at radius 2 is 1.66 bits per heavy atom. The SMILES string of the molecule is CCCCN1C(=O)c2oc3cc(C)c(C)cc3c(=O)c2C12C(=O)N(Cc1ccc(Cl)cc1)c1ccccc12. The summed E-state index contributed by atoms with van der Waals surface area (Å²) in [6.45, 7) is 6.49. The Hall–Kier alpha value is -3.90. The molecule has 1 aromatic heterocycles. The van der Waals surface area contributed by atoms with Crippen molar-refractivity contribution in [3.05, 3.63) is 109 Å².